The molecule has 0 aromatic heterocycles. The zero-order valence-corrected chi connectivity index (χ0v) is 7.83. The van der Waals surface area contributed by atoms with Crippen LogP contribution in [0.5, 0.6) is 5.75 Å². The number of benzene rings is 1. The molecule has 76 valence electrons. The van der Waals surface area contributed by atoms with Crippen LogP contribution < -0.4 is 10.5 Å². The third-order valence-corrected chi connectivity index (χ3v) is 2.39. The smallest absolute Gasteiger partial charge is 0.165 e. The number of halogens is 1. The molecule has 1 aliphatic heterocycles. The Morgan fingerprint density at radius 1 is 1.57 bits per heavy atom. The van der Waals surface area contributed by atoms with E-state index in [1.165, 1.54) is 6.07 Å². The highest BCUT2D eigenvalue weighted by atomic mass is 19.1. The van der Waals surface area contributed by atoms with Crippen molar-refractivity contribution in [2.24, 2.45) is 5.73 Å². The first-order valence-corrected chi connectivity index (χ1v) is 4.46. The van der Waals surface area contributed by atoms with Crippen molar-refractivity contribution < 1.29 is 14.2 Å². The van der Waals surface area contributed by atoms with Crippen LogP contribution in [-0.4, -0.2) is 17.8 Å². The van der Waals surface area contributed by atoms with Crippen molar-refractivity contribution in [3.05, 3.63) is 29.1 Å². The molecule has 3 nitrogen and oxygen atoms in total. The molecule has 0 fully saturated rings. The van der Waals surface area contributed by atoms with Gasteiger partial charge in [-0.1, -0.05) is 6.07 Å². The summed E-state index contributed by atoms with van der Waals surface area (Å²) in [5.74, 6) is -0.240. The van der Waals surface area contributed by atoms with Crippen LogP contribution in [0.1, 0.15) is 17.2 Å². The molecule has 2 atom stereocenters. The highest BCUT2D eigenvalue weighted by Gasteiger charge is 2.28. The molecule has 0 amide bonds. The lowest BCUT2D eigenvalue weighted by Crippen LogP contribution is -2.36. The average molecular weight is 197 g/mol. The normalized spacial score (nSPS) is 25.4. The summed E-state index contributed by atoms with van der Waals surface area (Å²) >= 11 is 0. The maximum Gasteiger partial charge on any atom is 0.165 e. The van der Waals surface area contributed by atoms with Gasteiger partial charge in [0.25, 0.3) is 0 Å². The summed E-state index contributed by atoms with van der Waals surface area (Å²) in [5, 5.41) is 9.43. The van der Waals surface area contributed by atoms with Gasteiger partial charge in [0.1, 0.15) is 12.7 Å². The van der Waals surface area contributed by atoms with Gasteiger partial charge in [-0.2, -0.15) is 0 Å². The highest BCUT2D eigenvalue weighted by molar-refractivity contribution is 5.42. The zero-order chi connectivity index (χ0) is 10.3. The molecule has 0 spiro atoms. The molecule has 2 rings (SSSR count). The first-order valence-electron chi connectivity index (χ1n) is 4.46. The number of aryl methyl sites for hydroxylation is 1. The Kier molecular flexibility index (Phi) is 2.17. The fourth-order valence-corrected chi connectivity index (χ4v) is 1.64. The predicted octanol–water partition coefficient (Wildman–Crippen LogP) is 0.887. The van der Waals surface area contributed by atoms with Crippen molar-refractivity contribution in [2.75, 3.05) is 6.61 Å². The number of aliphatic hydroxyl groups excluding tert-OH is 1. The van der Waals surface area contributed by atoms with Gasteiger partial charge in [-0.05, 0) is 18.6 Å². The van der Waals surface area contributed by atoms with Crippen LogP contribution in [0.4, 0.5) is 4.39 Å². The third-order valence-electron chi connectivity index (χ3n) is 2.39. The molecule has 0 radical (unpaired) electrons. The van der Waals surface area contributed by atoms with Crippen LogP contribution in [0.3, 0.4) is 0 Å². The molecule has 0 bridgehead atoms. The fraction of sp³-hybridized carbons (Fsp3) is 0.400. The number of aliphatic hydroxyl groups is 1. The summed E-state index contributed by atoms with van der Waals surface area (Å²) in [6.45, 7) is 1.82. The van der Waals surface area contributed by atoms with Crippen LogP contribution in [0.25, 0.3) is 0 Å². The van der Waals surface area contributed by atoms with Gasteiger partial charge >= 0.3 is 0 Å². The van der Waals surface area contributed by atoms with E-state index in [1.807, 2.05) is 0 Å². The monoisotopic (exact) mass is 197 g/mol. The van der Waals surface area contributed by atoms with Crippen molar-refractivity contribution in [3.63, 3.8) is 0 Å². The quantitative estimate of drug-likeness (QED) is 0.649. The Bertz CT molecular complexity index is 367. The van der Waals surface area contributed by atoms with Crippen LogP contribution in [0, 0.1) is 12.7 Å². The second kappa shape index (κ2) is 3.22. The Hall–Kier alpha value is -1.13. The van der Waals surface area contributed by atoms with E-state index in [2.05, 4.69) is 0 Å². The topological polar surface area (TPSA) is 55.5 Å². The highest BCUT2D eigenvalue weighted by Crippen LogP contribution is 2.33. The minimum Gasteiger partial charge on any atom is -0.487 e. The molecule has 0 saturated carbocycles. The summed E-state index contributed by atoms with van der Waals surface area (Å²) in [4.78, 5) is 0. The maximum atomic E-state index is 13.4. The first-order chi connectivity index (χ1) is 6.59. The molecular formula is C10H12FNO2. The van der Waals surface area contributed by atoms with E-state index in [4.69, 9.17) is 10.5 Å². The van der Waals surface area contributed by atoms with Crippen molar-refractivity contribution in [3.8, 4) is 5.75 Å². The van der Waals surface area contributed by atoms with Crippen LogP contribution >= 0.6 is 0 Å². The SMILES string of the molecule is Cc1cc(F)c2c(c1)[C@@H](N)[C@@H](O)CO2. The number of fused-ring (bicyclic) bond motifs is 1. The Morgan fingerprint density at radius 2 is 2.29 bits per heavy atom. The maximum absolute atomic E-state index is 13.4. The van der Waals surface area contributed by atoms with Crippen LogP contribution in [0.15, 0.2) is 12.1 Å². The number of ether oxygens (including phenoxy) is 1. The minimum atomic E-state index is -0.760. The van der Waals surface area contributed by atoms with Gasteiger partial charge in [-0.3, -0.25) is 0 Å². The Labute approximate surface area is 81.3 Å². The molecule has 0 unspecified atom stereocenters. The third kappa shape index (κ3) is 1.36. The van der Waals surface area contributed by atoms with Gasteiger partial charge in [-0.25, -0.2) is 4.39 Å². The van der Waals surface area contributed by atoms with Crippen molar-refractivity contribution in [1.82, 2.24) is 0 Å². The van der Waals surface area contributed by atoms with E-state index in [1.54, 1.807) is 13.0 Å². The lowest BCUT2D eigenvalue weighted by atomic mass is 9.97. The Morgan fingerprint density at radius 3 is 3.00 bits per heavy atom. The zero-order valence-electron chi connectivity index (χ0n) is 7.83. The van der Waals surface area contributed by atoms with Gasteiger partial charge in [-0.15, -0.1) is 0 Å². The summed E-state index contributed by atoms with van der Waals surface area (Å²) in [6, 6.07) is 2.57. The van der Waals surface area contributed by atoms with Crippen LogP contribution in [0.2, 0.25) is 0 Å². The summed E-state index contributed by atoms with van der Waals surface area (Å²) in [7, 11) is 0. The molecule has 1 aromatic carbocycles. The van der Waals surface area contributed by atoms with E-state index in [0.717, 1.165) is 5.56 Å². The van der Waals surface area contributed by atoms with E-state index >= 15 is 0 Å². The van der Waals surface area contributed by atoms with Crippen LogP contribution in [-0.2, 0) is 0 Å². The lowest BCUT2D eigenvalue weighted by Gasteiger charge is -2.28. The van der Waals surface area contributed by atoms with E-state index < -0.39 is 18.0 Å². The van der Waals surface area contributed by atoms with Crippen molar-refractivity contribution in [2.45, 2.75) is 19.1 Å². The number of hydrogen-bond acceptors (Lipinski definition) is 3. The van der Waals surface area contributed by atoms with Crippen molar-refractivity contribution >= 4 is 0 Å². The molecule has 14 heavy (non-hydrogen) atoms. The fourth-order valence-electron chi connectivity index (χ4n) is 1.64. The average Bonchev–Trinajstić information content (AvgIpc) is 2.12. The summed E-state index contributed by atoms with van der Waals surface area (Å²) in [6.07, 6.45) is -0.760. The van der Waals surface area contributed by atoms with E-state index in [0.29, 0.717) is 5.56 Å². The predicted molar refractivity (Wildman–Crippen MR) is 49.6 cm³/mol. The molecular weight excluding hydrogens is 185 g/mol. The Balaban J connectivity index is 2.54. The molecule has 1 heterocycles. The van der Waals surface area contributed by atoms with E-state index in [9.17, 15) is 9.50 Å². The number of rotatable bonds is 0. The van der Waals surface area contributed by atoms with Crippen molar-refractivity contribution in [1.29, 1.82) is 0 Å². The molecule has 4 heteroatoms. The number of hydrogen-bond donors (Lipinski definition) is 2. The standard InChI is InChI=1S/C10H12FNO2/c1-5-2-6-9(12)8(13)4-14-10(6)7(11)3-5/h2-3,8-9,13H,4,12H2,1H3/t8-,9+/m0/s1. The largest absolute Gasteiger partial charge is 0.487 e. The van der Waals surface area contributed by atoms with E-state index in [-0.39, 0.29) is 12.4 Å². The van der Waals surface area contributed by atoms with Gasteiger partial charge in [0.05, 0.1) is 6.04 Å². The second-order valence-corrected chi connectivity index (χ2v) is 3.57. The molecule has 0 saturated heterocycles. The second-order valence-electron chi connectivity index (χ2n) is 3.57. The van der Waals surface area contributed by atoms with Gasteiger partial charge in [0.2, 0.25) is 0 Å². The summed E-state index contributed by atoms with van der Waals surface area (Å²) < 4.78 is 18.5. The molecule has 0 aliphatic carbocycles. The molecule has 1 aliphatic rings. The van der Waals surface area contributed by atoms with Gasteiger partial charge < -0.3 is 15.6 Å². The lowest BCUT2D eigenvalue weighted by molar-refractivity contribution is 0.0651. The van der Waals surface area contributed by atoms with Gasteiger partial charge in [0.15, 0.2) is 11.6 Å². The summed E-state index contributed by atoms with van der Waals surface area (Å²) in [5.41, 5.74) is 7.05. The molecule has 1 aromatic rings. The minimum absolute atomic E-state index is 0.0497. The number of nitrogens with two attached hydrogens (primary N) is 1. The first kappa shape index (κ1) is 9.43. The molecule has 3 N–H and O–H groups in total. The van der Waals surface area contributed by atoms with Gasteiger partial charge in [0, 0.05) is 5.56 Å².